The van der Waals surface area contributed by atoms with Gasteiger partial charge >= 0.3 is 0 Å². The molecule has 0 saturated carbocycles. The van der Waals surface area contributed by atoms with Crippen LogP contribution in [0.25, 0.3) is 11.4 Å². The van der Waals surface area contributed by atoms with Crippen molar-refractivity contribution in [3.8, 4) is 11.4 Å². The Morgan fingerprint density at radius 3 is 1.81 bits per heavy atom. The van der Waals surface area contributed by atoms with E-state index in [1.165, 1.54) is 22.5 Å². The summed E-state index contributed by atoms with van der Waals surface area (Å²) in [5, 5.41) is 0. The molecule has 0 aliphatic heterocycles. The van der Waals surface area contributed by atoms with Gasteiger partial charge < -0.3 is 12.4 Å². The number of rotatable bonds is 5. The second kappa shape index (κ2) is 8.50. The Kier molecular flexibility index (Phi) is 5.88. The predicted octanol–water partition coefficient (Wildman–Crippen LogP) is 1.54. The highest BCUT2D eigenvalue weighted by molar-refractivity contribution is 5.52. The van der Waals surface area contributed by atoms with Gasteiger partial charge in [0.2, 0.25) is 0 Å². The van der Waals surface area contributed by atoms with Crippen LogP contribution in [0.15, 0.2) is 103 Å². The molecule has 0 fully saturated rings. The zero-order valence-corrected chi connectivity index (χ0v) is 15.3. The van der Waals surface area contributed by atoms with Crippen molar-refractivity contribution in [2.45, 2.75) is 13.1 Å². The van der Waals surface area contributed by atoms with E-state index < -0.39 is 0 Å². The summed E-state index contributed by atoms with van der Waals surface area (Å²) in [6.07, 6.45) is 4.36. The average molecular weight is 361 g/mol. The van der Waals surface area contributed by atoms with Crippen LogP contribution in [0.2, 0.25) is 0 Å². The van der Waals surface area contributed by atoms with E-state index in [9.17, 15) is 0 Å². The first-order valence-corrected chi connectivity index (χ1v) is 8.62. The zero-order valence-electron chi connectivity index (χ0n) is 14.5. The second-order valence-electron chi connectivity index (χ2n) is 6.21. The molecule has 1 heterocycles. The van der Waals surface area contributed by atoms with E-state index in [4.69, 9.17) is 0 Å². The Morgan fingerprint density at radius 2 is 1.19 bits per heavy atom. The average Bonchev–Trinajstić information content (AvgIpc) is 3.06. The number of hydrogen-bond donors (Lipinski definition) is 0. The molecule has 0 radical (unpaired) electrons. The van der Waals surface area contributed by atoms with Crippen molar-refractivity contribution in [3.63, 3.8) is 0 Å². The second-order valence-corrected chi connectivity index (χ2v) is 6.21. The molecule has 1 aromatic heterocycles. The maximum atomic E-state index is 2.33. The Morgan fingerprint density at radius 1 is 0.654 bits per heavy atom. The molecule has 0 unspecified atom stereocenters. The summed E-state index contributed by atoms with van der Waals surface area (Å²) >= 11 is 0. The van der Waals surface area contributed by atoms with Crippen LogP contribution in [0.3, 0.4) is 0 Å². The fraction of sp³-hybridized carbons (Fsp3) is 0.0870. The summed E-state index contributed by atoms with van der Waals surface area (Å²) in [5.74, 6) is 1.23. The number of benzene rings is 3. The van der Waals surface area contributed by atoms with Crippen LogP contribution in [-0.2, 0) is 13.1 Å². The standard InChI is InChI=1S/C23H21N2.ClH/c1-4-10-20(11-5-1)18-24-16-17-25(19-21-12-6-2-7-13-21)23(24)22-14-8-3-9-15-22;/h1-17H,18-19H2;1H/q+1;/p-1. The minimum absolute atomic E-state index is 0. The lowest BCUT2D eigenvalue weighted by atomic mass is 10.1. The highest BCUT2D eigenvalue weighted by Gasteiger charge is 2.19. The topological polar surface area (TPSA) is 8.81 Å². The zero-order chi connectivity index (χ0) is 16.9. The van der Waals surface area contributed by atoms with E-state index in [0.717, 1.165) is 13.1 Å². The summed E-state index contributed by atoms with van der Waals surface area (Å²) in [5.41, 5.74) is 3.85. The van der Waals surface area contributed by atoms with Gasteiger partial charge in [-0.2, -0.15) is 0 Å². The van der Waals surface area contributed by atoms with Crippen molar-refractivity contribution >= 4 is 0 Å². The summed E-state index contributed by atoms with van der Waals surface area (Å²) in [4.78, 5) is 0. The molecule has 0 atom stereocenters. The summed E-state index contributed by atoms with van der Waals surface area (Å²) in [6, 6.07) is 31.8. The van der Waals surface area contributed by atoms with Gasteiger partial charge in [-0.15, -0.1) is 0 Å². The number of halogens is 1. The molecule has 2 nitrogen and oxygen atoms in total. The maximum Gasteiger partial charge on any atom is 0.289 e. The Hall–Kier alpha value is -2.84. The highest BCUT2D eigenvalue weighted by Crippen LogP contribution is 2.18. The van der Waals surface area contributed by atoms with Crippen molar-refractivity contribution in [1.29, 1.82) is 0 Å². The number of nitrogens with zero attached hydrogens (tertiary/aromatic N) is 2. The van der Waals surface area contributed by atoms with Gasteiger partial charge in [0.15, 0.2) is 0 Å². The summed E-state index contributed by atoms with van der Waals surface area (Å²) < 4.78 is 4.65. The first kappa shape index (κ1) is 18.0. The van der Waals surface area contributed by atoms with Crippen LogP contribution in [0.5, 0.6) is 0 Å². The van der Waals surface area contributed by atoms with Crippen molar-refractivity contribution in [3.05, 3.63) is 115 Å². The molecule has 3 heteroatoms. The van der Waals surface area contributed by atoms with Crippen LogP contribution in [-0.4, -0.2) is 4.57 Å². The van der Waals surface area contributed by atoms with E-state index in [2.05, 4.69) is 113 Å². The van der Waals surface area contributed by atoms with Crippen LogP contribution in [0.4, 0.5) is 0 Å². The largest absolute Gasteiger partial charge is 1.00 e. The van der Waals surface area contributed by atoms with Crippen LogP contribution in [0.1, 0.15) is 11.1 Å². The summed E-state index contributed by atoms with van der Waals surface area (Å²) in [6.45, 7) is 1.74. The molecule has 0 aliphatic rings. The van der Waals surface area contributed by atoms with Crippen molar-refractivity contribution in [2.75, 3.05) is 0 Å². The van der Waals surface area contributed by atoms with Gasteiger partial charge in [-0.1, -0.05) is 78.9 Å². The van der Waals surface area contributed by atoms with Gasteiger partial charge in [0.05, 0.1) is 5.56 Å². The lowest BCUT2D eigenvalue weighted by Gasteiger charge is -2.06. The minimum Gasteiger partial charge on any atom is -1.00 e. The predicted molar refractivity (Wildman–Crippen MR) is 101 cm³/mol. The van der Waals surface area contributed by atoms with E-state index in [-0.39, 0.29) is 12.4 Å². The molecule has 0 saturated heterocycles. The van der Waals surface area contributed by atoms with Gasteiger partial charge in [-0.3, -0.25) is 0 Å². The molecule has 4 rings (SSSR count). The first-order chi connectivity index (χ1) is 12.4. The molecular formula is C23H21ClN2. The highest BCUT2D eigenvalue weighted by atomic mass is 35.5. The third kappa shape index (κ3) is 4.04. The van der Waals surface area contributed by atoms with E-state index in [1.54, 1.807) is 0 Å². The third-order valence-electron chi connectivity index (χ3n) is 4.39. The third-order valence-corrected chi connectivity index (χ3v) is 4.39. The van der Waals surface area contributed by atoms with Gasteiger partial charge in [-0.25, -0.2) is 9.13 Å². The maximum absolute atomic E-state index is 2.33. The summed E-state index contributed by atoms with van der Waals surface area (Å²) in [7, 11) is 0. The number of aromatic nitrogens is 2. The molecular weight excluding hydrogens is 340 g/mol. The van der Waals surface area contributed by atoms with E-state index in [1.807, 2.05) is 0 Å². The van der Waals surface area contributed by atoms with Gasteiger partial charge in [0.25, 0.3) is 5.82 Å². The van der Waals surface area contributed by atoms with Crippen LogP contribution < -0.4 is 17.0 Å². The monoisotopic (exact) mass is 360 g/mol. The van der Waals surface area contributed by atoms with E-state index >= 15 is 0 Å². The molecule has 26 heavy (non-hydrogen) atoms. The molecule has 0 aliphatic carbocycles. The quantitative estimate of drug-likeness (QED) is 0.477. The fourth-order valence-corrected chi connectivity index (χ4v) is 3.20. The van der Waals surface area contributed by atoms with Crippen molar-refractivity contribution in [2.24, 2.45) is 0 Å². The lowest BCUT2D eigenvalue weighted by Crippen LogP contribution is -3.00. The van der Waals surface area contributed by atoms with Crippen LogP contribution >= 0.6 is 0 Å². The normalized spacial score (nSPS) is 10.3. The fourth-order valence-electron chi connectivity index (χ4n) is 3.20. The van der Waals surface area contributed by atoms with Crippen LogP contribution in [0, 0.1) is 0 Å². The van der Waals surface area contributed by atoms with Gasteiger partial charge in [0, 0.05) is 0 Å². The molecule has 0 spiro atoms. The number of hydrogen-bond acceptors (Lipinski definition) is 0. The SMILES string of the molecule is [Cl-].c1ccc(Cn2cc[n+](Cc3ccccc3)c2-c2ccccc2)cc1. The molecule has 0 amide bonds. The van der Waals surface area contributed by atoms with E-state index in [0.29, 0.717) is 0 Å². The first-order valence-electron chi connectivity index (χ1n) is 8.62. The minimum atomic E-state index is 0. The smallest absolute Gasteiger partial charge is 0.289 e. The Labute approximate surface area is 160 Å². The van der Waals surface area contributed by atoms with Crippen molar-refractivity contribution in [1.82, 2.24) is 4.57 Å². The van der Waals surface area contributed by atoms with Gasteiger partial charge in [-0.05, 0) is 23.3 Å². The molecule has 0 bridgehead atoms. The Balaban J connectivity index is 0.00000196. The Bertz CT molecular complexity index is 873. The van der Waals surface area contributed by atoms with Gasteiger partial charge in [0.1, 0.15) is 25.5 Å². The number of imidazole rings is 1. The molecule has 3 aromatic carbocycles. The molecule has 130 valence electrons. The molecule has 4 aromatic rings. The molecule has 0 N–H and O–H groups in total. The lowest BCUT2D eigenvalue weighted by molar-refractivity contribution is -0.676. The van der Waals surface area contributed by atoms with Crippen molar-refractivity contribution < 1.29 is 17.0 Å².